The van der Waals surface area contributed by atoms with Crippen LogP contribution in [0.2, 0.25) is 0 Å². The summed E-state index contributed by atoms with van der Waals surface area (Å²) >= 11 is 0. The monoisotopic (exact) mass is 338 g/mol. The number of sulfonamides is 1. The van der Waals surface area contributed by atoms with Crippen LogP contribution in [0.3, 0.4) is 0 Å². The molecule has 0 aliphatic heterocycles. The van der Waals surface area contributed by atoms with Crippen molar-refractivity contribution in [3.8, 4) is 0 Å². The maximum Gasteiger partial charge on any atom is 0.267 e. The van der Waals surface area contributed by atoms with E-state index in [9.17, 15) is 17.2 Å². The van der Waals surface area contributed by atoms with Crippen LogP contribution >= 0.6 is 0 Å². The summed E-state index contributed by atoms with van der Waals surface area (Å²) in [5, 5.41) is 4.81. The van der Waals surface area contributed by atoms with Crippen LogP contribution in [0.1, 0.15) is 5.69 Å². The molecule has 6 nitrogen and oxygen atoms in total. The van der Waals surface area contributed by atoms with Gasteiger partial charge in [-0.25, -0.2) is 22.2 Å². The van der Waals surface area contributed by atoms with E-state index < -0.39 is 26.6 Å². The molecule has 2 heterocycles. The Hall–Kier alpha value is -2.55. The van der Waals surface area contributed by atoms with Crippen molar-refractivity contribution >= 4 is 26.7 Å². The molecule has 3 aromatic rings. The Morgan fingerprint density at radius 1 is 1.22 bits per heavy atom. The number of benzene rings is 1. The van der Waals surface area contributed by atoms with E-state index in [1.54, 1.807) is 18.7 Å². The molecule has 1 N–H and O–H groups in total. The number of anilines is 1. The number of halogens is 2. The van der Waals surface area contributed by atoms with Crippen molar-refractivity contribution < 1.29 is 17.2 Å². The highest BCUT2D eigenvalue weighted by atomic mass is 32.2. The van der Waals surface area contributed by atoms with Gasteiger partial charge in [-0.15, -0.1) is 0 Å². The first-order chi connectivity index (χ1) is 10.8. The van der Waals surface area contributed by atoms with Crippen LogP contribution in [0.4, 0.5) is 14.5 Å². The Balaban J connectivity index is 2.06. The Labute approximate surface area is 130 Å². The fourth-order valence-corrected chi connectivity index (χ4v) is 3.48. The van der Waals surface area contributed by atoms with Crippen molar-refractivity contribution in [3.63, 3.8) is 0 Å². The van der Waals surface area contributed by atoms with Gasteiger partial charge in [-0.05, 0) is 25.1 Å². The first kappa shape index (κ1) is 15.3. The lowest BCUT2D eigenvalue weighted by atomic mass is 10.3. The molecule has 0 radical (unpaired) electrons. The average Bonchev–Trinajstić information content (AvgIpc) is 2.72. The van der Waals surface area contributed by atoms with E-state index in [-0.39, 0.29) is 5.69 Å². The van der Waals surface area contributed by atoms with E-state index >= 15 is 0 Å². The van der Waals surface area contributed by atoms with Gasteiger partial charge in [0.25, 0.3) is 10.0 Å². The average molecular weight is 338 g/mol. The first-order valence-corrected chi connectivity index (χ1v) is 8.04. The van der Waals surface area contributed by atoms with Gasteiger partial charge in [0.1, 0.15) is 11.6 Å². The van der Waals surface area contributed by atoms with E-state index in [1.807, 2.05) is 0 Å². The van der Waals surface area contributed by atoms with E-state index in [0.29, 0.717) is 16.7 Å². The number of hydrogen-bond acceptors (Lipinski definition) is 4. The van der Waals surface area contributed by atoms with Crippen molar-refractivity contribution in [2.75, 3.05) is 4.72 Å². The van der Waals surface area contributed by atoms with Crippen LogP contribution in [0.15, 0.2) is 35.4 Å². The summed E-state index contributed by atoms with van der Waals surface area (Å²) in [6.45, 7) is 1.75. The summed E-state index contributed by atoms with van der Waals surface area (Å²) in [5.74, 6) is -2.33. The van der Waals surface area contributed by atoms with Crippen LogP contribution in [0.5, 0.6) is 0 Å². The number of pyridine rings is 1. The number of nitrogens with one attached hydrogen (secondary N) is 1. The standard InChI is InChI=1S/C14H12F2N4O2S/c1-8-10-6-9(7-17-14(10)20(2)18-8)19-23(21,22)13-11(15)4-3-5-12(13)16/h3-7,19H,1-2H3. The summed E-state index contributed by atoms with van der Waals surface area (Å²) < 4.78 is 55.5. The van der Waals surface area contributed by atoms with Gasteiger partial charge in [0.15, 0.2) is 10.5 Å². The van der Waals surface area contributed by atoms with Crippen LogP contribution in [-0.2, 0) is 17.1 Å². The lowest BCUT2D eigenvalue weighted by Gasteiger charge is -2.09. The van der Waals surface area contributed by atoms with Crippen molar-refractivity contribution in [2.24, 2.45) is 7.05 Å². The van der Waals surface area contributed by atoms with E-state index in [2.05, 4.69) is 14.8 Å². The van der Waals surface area contributed by atoms with Crippen LogP contribution in [-0.4, -0.2) is 23.2 Å². The van der Waals surface area contributed by atoms with Gasteiger partial charge < -0.3 is 0 Å². The minimum absolute atomic E-state index is 0.0938. The number of aromatic nitrogens is 3. The van der Waals surface area contributed by atoms with Crippen molar-refractivity contribution in [1.29, 1.82) is 0 Å². The summed E-state index contributed by atoms with van der Waals surface area (Å²) in [4.78, 5) is 3.09. The Kier molecular flexibility index (Phi) is 3.52. The largest absolute Gasteiger partial charge is 0.278 e. The van der Waals surface area contributed by atoms with Gasteiger partial charge in [0, 0.05) is 12.4 Å². The highest BCUT2D eigenvalue weighted by Crippen LogP contribution is 2.24. The molecule has 0 amide bonds. The second-order valence-corrected chi connectivity index (χ2v) is 6.58. The maximum absolute atomic E-state index is 13.7. The number of nitrogens with zero attached hydrogens (tertiary/aromatic N) is 3. The molecule has 0 saturated carbocycles. The third-order valence-corrected chi connectivity index (χ3v) is 4.73. The molecule has 0 fully saturated rings. The van der Waals surface area contributed by atoms with Gasteiger partial charge in [-0.3, -0.25) is 9.40 Å². The number of hydrogen-bond donors (Lipinski definition) is 1. The lowest BCUT2D eigenvalue weighted by Crippen LogP contribution is -2.16. The van der Waals surface area contributed by atoms with E-state index in [4.69, 9.17) is 0 Å². The zero-order valence-corrected chi connectivity index (χ0v) is 13.0. The fourth-order valence-electron chi connectivity index (χ4n) is 2.31. The van der Waals surface area contributed by atoms with Gasteiger partial charge in [-0.1, -0.05) is 6.07 Å². The SMILES string of the molecule is Cc1nn(C)c2ncc(NS(=O)(=O)c3c(F)cccc3F)cc12. The normalized spacial score (nSPS) is 11.8. The summed E-state index contributed by atoms with van der Waals surface area (Å²) in [6, 6.07) is 4.37. The van der Waals surface area contributed by atoms with Gasteiger partial charge in [0.05, 0.1) is 17.6 Å². The first-order valence-electron chi connectivity index (χ1n) is 6.56. The lowest BCUT2D eigenvalue weighted by molar-refractivity contribution is 0.521. The quantitative estimate of drug-likeness (QED) is 0.795. The molecule has 1 aromatic carbocycles. The third-order valence-electron chi connectivity index (χ3n) is 3.30. The topological polar surface area (TPSA) is 76.9 Å². The number of rotatable bonds is 3. The Morgan fingerprint density at radius 3 is 2.52 bits per heavy atom. The van der Waals surface area contributed by atoms with E-state index in [1.165, 1.54) is 12.3 Å². The molecule has 0 saturated heterocycles. The maximum atomic E-state index is 13.7. The zero-order chi connectivity index (χ0) is 16.8. The molecule has 9 heteroatoms. The predicted octanol–water partition coefficient (Wildman–Crippen LogP) is 2.36. The zero-order valence-electron chi connectivity index (χ0n) is 12.2. The smallest absolute Gasteiger partial charge is 0.267 e. The molecular weight excluding hydrogens is 326 g/mol. The number of fused-ring (bicyclic) bond motifs is 1. The van der Waals surface area contributed by atoms with Gasteiger partial charge in [0.2, 0.25) is 0 Å². The summed E-state index contributed by atoms with van der Waals surface area (Å²) in [6.07, 6.45) is 1.26. The van der Waals surface area contributed by atoms with Crippen molar-refractivity contribution in [3.05, 3.63) is 47.8 Å². The molecular formula is C14H12F2N4O2S. The summed E-state index contributed by atoms with van der Waals surface area (Å²) in [7, 11) is -2.71. The second kappa shape index (κ2) is 5.27. The molecule has 2 aromatic heterocycles. The molecule has 120 valence electrons. The minimum Gasteiger partial charge on any atom is -0.278 e. The van der Waals surface area contributed by atoms with Crippen LogP contribution in [0.25, 0.3) is 11.0 Å². The Morgan fingerprint density at radius 2 is 1.87 bits per heavy atom. The van der Waals surface area contributed by atoms with Crippen molar-refractivity contribution in [1.82, 2.24) is 14.8 Å². The Bertz CT molecular complexity index is 995. The van der Waals surface area contributed by atoms with Crippen molar-refractivity contribution in [2.45, 2.75) is 11.8 Å². The fraction of sp³-hybridized carbons (Fsp3) is 0.143. The molecule has 0 spiro atoms. The molecule has 0 atom stereocenters. The molecule has 3 rings (SSSR count). The third kappa shape index (κ3) is 2.63. The van der Waals surface area contributed by atoms with Crippen LogP contribution < -0.4 is 4.72 Å². The predicted molar refractivity (Wildman–Crippen MR) is 80.4 cm³/mol. The van der Waals surface area contributed by atoms with Gasteiger partial charge >= 0.3 is 0 Å². The van der Waals surface area contributed by atoms with Gasteiger partial charge in [-0.2, -0.15) is 5.10 Å². The molecule has 23 heavy (non-hydrogen) atoms. The molecule has 0 unspecified atom stereocenters. The highest BCUT2D eigenvalue weighted by Gasteiger charge is 2.24. The minimum atomic E-state index is -4.42. The van der Waals surface area contributed by atoms with E-state index in [0.717, 1.165) is 18.2 Å². The summed E-state index contributed by atoms with van der Waals surface area (Å²) in [5.41, 5.74) is 1.33. The molecule has 0 aliphatic rings. The molecule has 0 aliphatic carbocycles. The molecule has 0 bridgehead atoms. The second-order valence-electron chi connectivity index (χ2n) is 4.96. The van der Waals surface area contributed by atoms with Crippen LogP contribution in [0, 0.1) is 18.6 Å². The highest BCUT2D eigenvalue weighted by molar-refractivity contribution is 7.92. The number of aryl methyl sites for hydroxylation is 2.